The smallest absolute Gasteiger partial charge is 0.0822 e. The lowest BCUT2D eigenvalue weighted by Crippen LogP contribution is -2.03. The van der Waals surface area contributed by atoms with Crippen LogP contribution in [0.25, 0.3) is 0 Å². The number of nitrogens with two attached hydrogens (primary N) is 1. The van der Waals surface area contributed by atoms with Gasteiger partial charge >= 0.3 is 0 Å². The largest absolute Gasteiger partial charge is 0.396 e. The van der Waals surface area contributed by atoms with E-state index in [9.17, 15) is 0 Å². The van der Waals surface area contributed by atoms with Crippen molar-refractivity contribution < 1.29 is 4.74 Å². The summed E-state index contributed by atoms with van der Waals surface area (Å²) in [6, 6.07) is 10.2. The van der Waals surface area contributed by atoms with E-state index in [1.165, 1.54) is 5.56 Å². The number of ether oxygens (including phenoxy) is 1. The normalized spacial score (nSPS) is 10.7. The summed E-state index contributed by atoms with van der Waals surface area (Å²) in [6.45, 7) is 4.15. The molecule has 2 rings (SSSR count). The van der Waals surface area contributed by atoms with Crippen molar-refractivity contribution in [2.75, 3.05) is 12.3 Å². The van der Waals surface area contributed by atoms with E-state index in [1.807, 2.05) is 36.0 Å². The summed E-state index contributed by atoms with van der Waals surface area (Å²) in [4.78, 5) is 0. The van der Waals surface area contributed by atoms with Gasteiger partial charge in [0.25, 0.3) is 0 Å². The molecule has 0 bridgehead atoms. The number of aryl methyl sites for hydroxylation is 2. The van der Waals surface area contributed by atoms with E-state index in [-0.39, 0.29) is 0 Å². The van der Waals surface area contributed by atoms with Crippen LogP contribution in [0.15, 0.2) is 36.5 Å². The maximum atomic E-state index is 5.73. The first kappa shape index (κ1) is 12.6. The minimum atomic E-state index is 0.668. The van der Waals surface area contributed by atoms with Crippen molar-refractivity contribution in [1.82, 2.24) is 9.78 Å². The van der Waals surface area contributed by atoms with E-state index < -0.39 is 0 Å². The van der Waals surface area contributed by atoms with Gasteiger partial charge in [-0.15, -0.1) is 0 Å². The van der Waals surface area contributed by atoms with Crippen LogP contribution in [0.2, 0.25) is 0 Å². The Hall–Kier alpha value is -1.81. The predicted octanol–water partition coefficient (Wildman–Crippen LogP) is 2.38. The number of nitrogen functional groups attached to an aromatic ring is 1. The molecule has 2 aromatic rings. The lowest BCUT2D eigenvalue weighted by Gasteiger charge is -2.04. The van der Waals surface area contributed by atoms with Gasteiger partial charge in [0.2, 0.25) is 0 Å². The zero-order chi connectivity index (χ0) is 12.8. The van der Waals surface area contributed by atoms with Gasteiger partial charge in [0, 0.05) is 19.3 Å². The predicted molar refractivity (Wildman–Crippen MR) is 72.1 cm³/mol. The maximum absolute atomic E-state index is 5.73. The van der Waals surface area contributed by atoms with Gasteiger partial charge in [-0.2, -0.15) is 5.10 Å². The Morgan fingerprint density at radius 3 is 2.72 bits per heavy atom. The first-order valence-electron chi connectivity index (χ1n) is 6.17. The lowest BCUT2D eigenvalue weighted by atomic mass is 10.2. The van der Waals surface area contributed by atoms with Crippen LogP contribution >= 0.6 is 0 Å². The van der Waals surface area contributed by atoms with Crippen molar-refractivity contribution in [2.45, 2.75) is 26.5 Å². The van der Waals surface area contributed by atoms with E-state index in [2.05, 4.69) is 17.2 Å². The van der Waals surface area contributed by atoms with Gasteiger partial charge in [0.1, 0.15) is 0 Å². The molecule has 18 heavy (non-hydrogen) atoms. The molecule has 0 saturated heterocycles. The Morgan fingerprint density at radius 1 is 1.28 bits per heavy atom. The Bertz CT molecular complexity index is 460. The zero-order valence-electron chi connectivity index (χ0n) is 10.7. The third-order valence-electron chi connectivity index (χ3n) is 2.77. The Kier molecular flexibility index (Phi) is 4.36. The second kappa shape index (κ2) is 6.21. The van der Waals surface area contributed by atoms with Gasteiger partial charge in [0.05, 0.1) is 18.0 Å². The third-order valence-corrected chi connectivity index (χ3v) is 2.77. The van der Waals surface area contributed by atoms with Crippen LogP contribution < -0.4 is 5.73 Å². The van der Waals surface area contributed by atoms with Crippen LogP contribution in [0.3, 0.4) is 0 Å². The van der Waals surface area contributed by atoms with Crippen molar-refractivity contribution in [3.63, 3.8) is 0 Å². The van der Waals surface area contributed by atoms with Crippen molar-refractivity contribution in [3.05, 3.63) is 47.8 Å². The standard InChI is InChI=1S/C14H19N3O/c1-12-14(15)10-17(16-12)8-5-9-18-11-13-6-3-2-4-7-13/h2-4,6-7,10H,5,8-9,11,15H2,1H3. The maximum Gasteiger partial charge on any atom is 0.0822 e. The number of benzene rings is 1. The van der Waals surface area contributed by atoms with Crippen molar-refractivity contribution >= 4 is 5.69 Å². The van der Waals surface area contributed by atoms with Gasteiger partial charge in [-0.05, 0) is 18.9 Å². The summed E-state index contributed by atoms with van der Waals surface area (Å²) in [6.07, 6.45) is 2.81. The minimum Gasteiger partial charge on any atom is -0.396 e. The molecule has 0 aliphatic heterocycles. The number of aromatic nitrogens is 2. The monoisotopic (exact) mass is 245 g/mol. The number of hydrogen-bond acceptors (Lipinski definition) is 3. The highest BCUT2D eigenvalue weighted by Gasteiger charge is 2.00. The summed E-state index contributed by atoms with van der Waals surface area (Å²) in [5.74, 6) is 0. The van der Waals surface area contributed by atoms with E-state index in [0.717, 1.165) is 31.0 Å². The molecule has 96 valence electrons. The van der Waals surface area contributed by atoms with Crippen molar-refractivity contribution in [3.8, 4) is 0 Å². The molecule has 0 saturated carbocycles. The molecule has 0 unspecified atom stereocenters. The van der Waals surface area contributed by atoms with Crippen LogP contribution in [0, 0.1) is 6.92 Å². The molecule has 0 aliphatic rings. The molecule has 0 fully saturated rings. The summed E-state index contributed by atoms with van der Waals surface area (Å²) in [7, 11) is 0. The van der Waals surface area contributed by atoms with Crippen molar-refractivity contribution in [1.29, 1.82) is 0 Å². The van der Waals surface area contributed by atoms with Gasteiger partial charge < -0.3 is 10.5 Å². The fraction of sp³-hybridized carbons (Fsp3) is 0.357. The zero-order valence-corrected chi connectivity index (χ0v) is 10.7. The molecule has 1 heterocycles. The highest BCUT2D eigenvalue weighted by Crippen LogP contribution is 2.07. The van der Waals surface area contributed by atoms with E-state index in [0.29, 0.717) is 6.61 Å². The number of nitrogens with zero attached hydrogens (tertiary/aromatic N) is 2. The summed E-state index contributed by atoms with van der Waals surface area (Å²) in [5.41, 5.74) is 8.58. The molecule has 1 aromatic carbocycles. The van der Waals surface area contributed by atoms with E-state index in [4.69, 9.17) is 10.5 Å². The molecule has 4 heteroatoms. The van der Waals surface area contributed by atoms with Gasteiger partial charge in [-0.1, -0.05) is 30.3 Å². The quantitative estimate of drug-likeness (QED) is 0.795. The molecule has 0 amide bonds. The lowest BCUT2D eigenvalue weighted by molar-refractivity contribution is 0.115. The second-order valence-corrected chi connectivity index (χ2v) is 4.32. The average molecular weight is 245 g/mol. The number of hydrogen-bond donors (Lipinski definition) is 1. The second-order valence-electron chi connectivity index (χ2n) is 4.32. The van der Waals surface area contributed by atoms with Crippen LogP contribution in [-0.2, 0) is 17.9 Å². The van der Waals surface area contributed by atoms with Crippen LogP contribution in [0.1, 0.15) is 17.7 Å². The minimum absolute atomic E-state index is 0.668. The fourth-order valence-corrected chi connectivity index (χ4v) is 1.74. The van der Waals surface area contributed by atoms with Gasteiger partial charge in [0.15, 0.2) is 0 Å². The number of rotatable bonds is 6. The van der Waals surface area contributed by atoms with Crippen LogP contribution in [0.5, 0.6) is 0 Å². The fourth-order valence-electron chi connectivity index (χ4n) is 1.74. The average Bonchev–Trinajstić information content (AvgIpc) is 2.70. The molecule has 0 atom stereocenters. The summed E-state index contributed by atoms with van der Waals surface area (Å²) < 4.78 is 7.48. The van der Waals surface area contributed by atoms with Crippen molar-refractivity contribution in [2.24, 2.45) is 0 Å². The highest BCUT2D eigenvalue weighted by atomic mass is 16.5. The Labute approximate surface area is 107 Å². The summed E-state index contributed by atoms with van der Waals surface area (Å²) in [5, 5.41) is 4.30. The topological polar surface area (TPSA) is 53.1 Å². The molecule has 2 N–H and O–H groups in total. The van der Waals surface area contributed by atoms with Crippen LogP contribution in [0.4, 0.5) is 5.69 Å². The Morgan fingerprint density at radius 2 is 2.06 bits per heavy atom. The van der Waals surface area contributed by atoms with Gasteiger partial charge in [-0.3, -0.25) is 4.68 Å². The molecule has 1 aromatic heterocycles. The van der Waals surface area contributed by atoms with E-state index >= 15 is 0 Å². The SMILES string of the molecule is Cc1nn(CCCOCc2ccccc2)cc1N. The molecule has 0 aliphatic carbocycles. The Balaban J connectivity index is 1.64. The molecular formula is C14H19N3O. The molecule has 4 nitrogen and oxygen atoms in total. The summed E-state index contributed by atoms with van der Waals surface area (Å²) >= 11 is 0. The first-order valence-corrected chi connectivity index (χ1v) is 6.17. The highest BCUT2D eigenvalue weighted by molar-refractivity contribution is 5.39. The van der Waals surface area contributed by atoms with Gasteiger partial charge in [-0.25, -0.2) is 0 Å². The van der Waals surface area contributed by atoms with Crippen LogP contribution in [-0.4, -0.2) is 16.4 Å². The first-order chi connectivity index (χ1) is 8.75. The third kappa shape index (κ3) is 3.60. The molecule has 0 radical (unpaired) electrons. The number of anilines is 1. The van der Waals surface area contributed by atoms with E-state index in [1.54, 1.807) is 0 Å². The molecular weight excluding hydrogens is 226 g/mol. The molecule has 0 spiro atoms.